The summed E-state index contributed by atoms with van der Waals surface area (Å²) < 4.78 is 8.23. The Morgan fingerprint density at radius 3 is 2.49 bits per heavy atom. The molecule has 3 aromatic heterocycles. The Hall–Kier alpha value is -4.72. The Bertz CT molecular complexity index is 1660. The molecule has 2 N–H and O–H groups in total. The molecule has 5 aromatic rings. The van der Waals surface area contributed by atoms with Crippen molar-refractivity contribution in [1.82, 2.24) is 19.3 Å². The summed E-state index contributed by atoms with van der Waals surface area (Å²) in [6, 6.07) is 23.7. The second-order valence-corrected chi connectivity index (χ2v) is 8.09. The molecule has 0 fully saturated rings. The number of amides is 1. The second-order valence-electron chi connectivity index (χ2n) is 8.09. The Morgan fingerprint density at radius 2 is 1.74 bits per heavy atom. The van der Waals surface area contributed by atoms with E-state index < -0.39 is 5.91 Å². The average molecular weight is 466 g/mol. The Labute approximate surface area is 200 Å². The number of fused-ring (bicyclic) bond motifs is 2. The summed E-state index contributed by atoms with van der Waals surface area (Å²) in [4.78, 5) is 31.2. The van der Waals surface area contributed by atoms with Crippen molar-refractivity contribution in [3.63, 3.8) is 0 Å². The number of ether oxygens (including phenoxy) is 1. The van der Waals surface area contributed by atoms with E-state index in [9.17, 15) is 9.59 Å². The number of carbonyl (C=O) groups is 1. The second kappa shape index (κ2) is 9.26. The molecule has 3 heterocycles. The van der Waals surface area contributed by atoms with Gasteiger partial charge in [-0.15, -0.1) is 0 Å². The molecule has 0 saturated carbocycles. The predicted molar refractivity (Wildman–Crippen MR) is 133 cm³/mol. The molecule has 0 radical (unpaired) electrons. The van der Waals surface area contributed by atoms with E-state index in [2.05, 4.69) is 10.3 Å². The minimum absolute atomic E-state index is 0.0132. The summed E-state index contributed by atoms with van der Waals surface area (Å²) in [5, 5.41) is 12.0. The first kappa shape index (κ1) is 22.1. The summed E-state index contributed by atoms with van der Waals surface area (Å²) >= 11 is 0. The molecule has 0 unspecified atom stereocenters. The van der Waals surface area contributed by atoms with E-state index in [0.29, 0.717) is 17.8 Å². The smallest absolute Gasteiger partial charge is 0.267 e. The first-order valence-electron chi connectivity index (χ1n) is 11.1. The lowest BCUT2D eigenvalue weighted by Gasteiger charge is -2.15. The number of nitrogens with zero attached hydrogens (tertiary/aromatic N) is 3. The fourth-order valence-corrected chi connectivity index (χ4v) is 4.00. The van der Waals surface area contributed by atoms with Crippen LogP contribution in [-0.2, 0) is 13.1 Å². The van der Waals surface area contributed by atoms with Gasteiger partial charge in [-0.1, -0.05) is 48.5 Å². The van der Waals surface area contributed by atoms with Gasteiger partial charge in [0.05, 0.1) is 24.6 Å². The maximum absolute atomic E-state index is 13.3. The van der Waals surface area contributed by atoms with Gasteiger partial charge in [0.1, 0.15) is 22.5 Å². The van der Waals surface area contributed by atoms with E-state index in [4.69, 9.17) is 10.1 Å². The molecule has 0 aliphatic rings. The summed E-state index contributed by atoms with van der Waals surface area (Å²) in [6.45, 7) is 0.569. The number of carbonyl (C=O) groups excluding carboxylic acids is 1. The summed E-state index contributed by atoms with van der Waals surface area (Å²) in [5.41, 5.74) is 2.45. The van der Waals surface area contributed by atoms with Crippen LogP contribution in [0.15, 0.2) is 89.9 Å². The van der Waals surface area contributed by atoms with Crippen LogP contribution < -0.4 is 21.1 Å². The monoisotopic (exact) mass is 465 g/mol. The van der Waals surface area contributed by atoms with Crippen molar-refractivity contribution >= 4 is 22.6 Å². The van der Waals surface area contributed by atoms with Gasteiger partial charge in [0.15, 0.2) is 0 Å². The van der Waals surface area contributed by atoms with Gasteiger partial charge >= 0.3 is 0 Å². The molecule has 0 saturated heterocycles. The number of methoxy groups -OCH3 is 1. The van der Waals surface area contributed by atoms with Crippen LogP contribution in [0.1, 0.15) is 21.5 Å². The van der Waals surface area contributed by atoms with Crippen molar-refractivity contribution in [2.45, 2.75) is 13.1 Å². The number of nitrogens with one attached hydrogen (secondary N) is 2. The first-order chi connectivity index (χ1) is 17.0. The number of pyridine rings is 2. The summed E-state index contributed by atoms with van der Waals surface area (Å²) in [6.07, 6.45) is 1.64. The maximum Gasteiger partial charge on any atom is 0.267 e. The number of hydrogen-bond acceptors (Lipinski definition) is 5. The van der Waals surface area contributed by atoms with Gasteiger partial charge in [0.2, 0.25) is 0 Å². The number of rotatable bonds is 6. The van der Waals surface area contributed by atoms with Crippen molar-refractivity contribution in [2.24, 2.45) is 0 Å². The highest BCUT2D eigenvalue weighted by Crippen LogP contribution is 2.14. The summed E-state index contributed by atoms with van der Waals surface area (Å²) in [7, 11) is 1.59. The van der Waals surface area contributed by atoms with Crippen molar-refractivity contribution in [1.29, 1.82) is 5.41 Å². The van der Waals surface area contributed by atoms with Crippen LogP contribution in [0.4, 0.5) is 0 Å². The van der Waals surface area contributed by atoms with Crippen LogP contribution in [0.25, 0.3) is 16.7 Å². The maximum atomic E-state index is 13.3. The minimum atomic E-state index is -0.438. The predicted octanol–water partition coefficient (Wildman–Crippen LogP) is 3.12. The van der Waals surface area contributed by atoms with E-state index >= 15 is 0 Å². The van der Waals surface area contributed by atoms with Gasteiger partial charge in [0.25, 0.3) is 11.5 Å². The molecular weight excluding hydrogens is 442 g/mol. The third-order valence-corrected chi connectivity index (χ3v) is 5.86. The van der Waals surface area contributed by atoms with Gasteiger partial charge in [-0.25, -0.2) is 4.98 Å². The highest BCUT2D eigenvalue weighted by Gasteiger charge is 2.17. The zero-order valence-electron chi connectivity index (χ0n) is 19.1. The fourth-order valence-electron chi connectivity index (χ4n) is 4.00. The number of hydrogen-bond donors (Lipinski definition) is 2. The average Bonchev–Trinajstić information content (AvgIpc) is 2.90. The third kappa shape index (κ3) is 4.29. The standard InChI is InChI=1S/C27H23N5O3/c1-35-20-12-10-18(11-13-20)16-29-26(33)21-15-22-25(30-23-9-5-6-14-31(23)27(22)34)32(24(21)28)17-19-7-3-2-4-8-19/h2-15,28H,16-17H2,1H3,(H,29,33). The Balaban J connectivity index is 1.61. The molecular formula is C27H23N5O3. The molecule has 0 aliphatic heterocycles. The Kier molecular flexibility index (Phi) is 5.85. The lowest BCUT2D eigenvalue weighted by Crippen LogP contribution is -2.35. The van der Waals surface area contributed by atoms with Crippen molar-refractivity contribution < 1.29 is 9.53 Å². The SMILES string of the molecule is COc1ccc(CNC(=O)c2cc3c(=O)n4ccccc4nc3n(Cc3ccccc3)c2=N)cc1. The fraction of sp³-hybridized carbons (Fsp3) is 0.111. The van der Waals surface area contributed by atoms with Gasteiger partial charge in [0, 0.05) is 12.7 Å². The zero-order chi connectivity index (χ0) is 24.4. The van der Waals surface area contributed by atoms with Crippen LogP contribution >= 0.6 is 0 Å². The quantitative estimate of drug-likeness (QED) is 0.376. The van der Waals surface area contributed by atoms with Crippen LogP contribution in [0.2, 0.25) is 0 Å². The van der Waals surface area contributed by atoms with Gasteiger partial charge in [-0.05, 0) is 41.5 Å². The molecule has 5 rings (SSSR count). The zero-order valence-corrected chi connectivity index (χ0v) is 19.1. The van der Waals surface area contributed by atoms with Crippen LogP contribution in [0.3, 0.4) is 0 Å². The van der Waals surface area contributed by atoms with E-state index in [1.54, 1.807) is 36.1 Å². The lowest BCUT2D eigenvalue weighted by atomic mass is 10.1. The van der Waals surface area contributed by atoms with Crippen molar-refractivity contribution in [3.8, 4) is 5.75 Å². The lowest BCUT2D eigenvalue weighted by molar-refractivity contribution is 0.0948. The van der Waals surface area contributed by atoms with Gasteiger partial charge < -0.3 is 14.6 Å². The molecule has 8 nitrogen and oxygen atoms in total. The molecule has 8 heteroatoms. The highest BCUT2D eigenvalue weighted by atomic mass is 16.5. The van der Waals surface area contributed by atoms with Gasteiger partial charge in [-0.2, -0.15) is 0 Å². The van der Waals surface area contributed by atoms with Crippen LogP contribution in [0, 0.1) is 5.41 Å². The van der Waals surface area contributed by atoms with E-state index in [-0.39, 0.29) is 28.5 Å². The van der Waals surface area contributed by atoms with Crippen LogP contribution in [0.5, 0.6) is 5.75 Å². The normalized spacial score (nSPS) is 11.0. The van der Waals surface area contributed by atoms with Gasteiger partial charge in [-0.3, -0.25) is 19.4 Å². The largest absolute Gasteiger partial charge is 0.497 e. The minimum Gasteiger partial charge on any atom is -0.497 e. The van der Waals surface area contributed by atoms with E-state index in [0.717, 1.165) is 16.9 Å². The van der Waals surface area contributed by atoms with Crippen LogP contribution in [-0.4, -0.2) is 27.0 Å². The first-order valence-corrected chi connectivity index (χ1v) is 11.1. The Morgan fingerprint density at radius 1 is 1.00 bits per heavy atom. The number of benzene rings is 2. The van der Waals surface area contributed by atoms with E-state index in [1.165, 1.54) is 10.5 Å². The highest BCUT2D eigenvalue weighted by molar-refractivity contribution is 5.96. The molecule has 0 atom stereocenters. The molecule has 0 bridgehead atoms. The van der Waals surface area contributed by atoms with E-state index in [1.807, 2.05) is 54.6 Å². The molecule has 0 spiro atoms. The molecule has 1 amide bonds. The van der Waals surface area contributed by atoms with Crippen molar-refractivity contribution in [2.75, 3.05) is 7.11 Å². The third-order valence-electron chi connectivity index (χ3n) is 5.86. The molecule has 35 heavy (non-hydrogen) atoms. The molecule has 0 aliphatic carbocycles. The summed E-state index contributed by atoms with van der Waals surface area (Å²) in [5.74, 6) is 0.289. The topological polar surface area (TPSA) is 101 Å². The molecule has 174 valence electrons. The molecule has 2 aromatic carbocycles. The number of aromatic nitrogens is 3. The van der Waals surface area contributed by atoms with Crippen molar-refractivity contribution in [3.05, 3.63) is 118 Å².